The number of carbonyl (C=O) groups is 2. The summed E-state index contributed by atoms with van der Waals surface area (Å²) in [7, 11) is 1.56. The third-order valence-electron chi connectivity index (χ3n) is 4.47. The number of hydrogen-bond donors (Lipinski definition) is 1. The highest BCUT2D eigenvalue weighted by molar-refractivity contribution is 8.14. The van der Waals surface area contributed by atoms with Gasteiger partial charge in [0.25, 0.3) is 5.91 Å². The molecule has 10 heteroatoms. The van der Waals surface area contributed by atoms with Gasteiger partial charge in [-0.3, -0.25) is 14.5 Å². The number of alkyl halides is 2. The van der Waals surface area contributed by atoms with Crippen molar-refractivity contribution in [3.63, 3.8) is 0 Å². The standard InChI is InChI=1S/C23H23F2N3O4S/c1-3-12-26-20(29)14-33-23-27-19(13-15-4-8-17(31-2)9-5-15)21(30)28(23)16-6-10-18(11-7-16)32-22(24)25/h4-11,13,22H,3,12,14H2,1-2H3,(H,26,29)/b19-13-. The molecular formula is C23H23F2N3O4S. The molecule has 0 atom stereocenters. The molecule has 0 saturated carbocycles. The second-order valence-electron chi connectivity index (χ2n) is 6.85. The highest BCUT2D eigenvalue weighted by atomic mass is 32.2. The Kier molecular flexibility index (Phi) is 8.42. The van der Waals surface area contributed by atoms with Crippen molar-refractivity contribution >= 4 is 40.5 Å². The van der Waals surface area contributed by atoms with Crippen LogP contribution in [0.4, 0.5) is 14.5 Å². The van der Waals surface area contributed by atoms with Crippen molar-refractivity contribution in [1.82, 2.24) is 5.32 Å². The zero-order valence-electron chi connectivity index (χ0n) is 18.1. The second kappa shape index (κ2) is 11.5. The number of halogens is 2. The fourth-order valence-corrected chi connectivity index (χ4v) is 3.74. The van der Waals surface area contributed by atoms with Crippen LogP contribution in [0, 0.1) is 0 Å². The van der Waals surface area contributed by atoms with Crippen molar-refractivity contribution in [2.24, 2.45) is 4.99 Å². The zero-order chi connectivity index (χ0) is 23.8. The summed E-state index contributed by atoms with van der Waals surface area (Å²) in [6.45, 7) is -0.437. The van der Waals surface area contributed by atoms with Crippen molar-refractivity contribution in [3.8, 4) is 11.5 Å². The van der Waals surface area contributed by atoms with Gasteiger partial charge in [-0.2, -0.15) is 8.78 Å². The minimum Gasteiger partial charge on any atom is -0.497 e. The lowest BCUT2D eigenvalue weighted by atomic mass is 10.2. The van der Waals surface area contributed by atoms with E-state index in [9.17, 15) is 18.4 Å². The monoisotopic (exact) mass is 475 g/mol. The van der Waals surface area contributed by atoms with E-state index in [1.807, 2.05) is 6.92 Å². The number of amides is 2. The average Bonchev–Trinajstić information content (AvgIpc) is 3.11. The van der Waals surface area contributed by atoms with Crippen molar-refractivity contribution in [3.05, 3.63) is 59.8 Å². The molecule has 3 rings (SSSR count). The van der Waals surface area contributed by atoms with Gasteiger partial charge in [-0.25, -0.2) is 4.99 Å². The Morgan fingerprint density at radius 3 is 2.42 bits per heavy atom. The van der Waals surface area contributed by atoms with Crippen molar-refractivity contribution < 1.29 is 27.8 Å². The molecule has 1 heterocycles. The summed E-state index contributed by atoms with van der Waals surface area (Å²) >= 11 is 1.12. The van der Waals surface area contributed by atoms with E-state index in [1.54, 1.807) is 37.5 Å². The Balaban J connectivity index is 1.86. The molecule has 0 spiro atoms. The maximum absolute atomic E-state index is 13.2. The van der Waals surface area contributed by atoms with E-state index in [1.165, 1.54) is 29.2 Å². The van der Waals surface area contributed by atoms with Crippen LogP contribution < -0.4 is 19.7 Å². The van der Waals surface area contributed by atoms with Gasteiger partial charge in [-0.15, -0.1) is 0 Å². The Morgan fingerprint density at radius 1 is 1.15 bits per heavy atom. The third-order valence-corrected chi connectivity index (χ3v) is 5.41. The van der Waals surface area contributed by atoms with E-state index in [0.29, 0.717) is 23.1 Å². The van der Waals surface area contributed by atoms with Crippen molar-refractivity contribution in [2.75, 3.05) is 24.3 Å². The Bertz CT molecular complexity index is 1040. The van der Waals surface area contributed by atoms with E-state index in [0.717, 1.165) is 23.7 Å². The topological polar surface area (TPSA) is 80.2 Å². The van der Waals surface area contributed by atoms with Gasteiger partial charge in [-0.1, -0.05) is 30.8 Å². The number of methoxy groups -OCH3 is 1. The van der Waals surface area contributed by atoms with Crippen molar-refractivity contribution in [1.29, 1.82) is 0 Å². The van der Waals surface area contributed by atoms with Gasteiger partial charge in [0, 0.05) is 6.54 Å². The van der Waals surface area contributed by atoms with Crippen LogP contribution in [-0.2, 0) is 9.59 Å². The molecule has 0 bridgehead atoms. The number of carbonyl (C=O) groups excluding carboxylic acids is 2. The quantitative estimate of drug-likeness (QED) is 0.547. The first-order valence-electron chi connectivity index (χ1n) is 10.1. The van der Waals surface area contributed by atoms with Gasteiger partial charge in [-0.05, 0) is 54.5 Å². The number of thioether (sulfide) groups is 1. The molecule has 1 aliphatic heterocycles. The van der Waals surface area contributed by atoms with Gasteiger partial charge in [0.15, 0.2) is 5.17 Å². The van der Waals surface area contributed by atoms with Crippen LogP contribution >= 0.6 is 11.8 Å². The summed E-state index contributed by atoms with van der Waals surface area (Å²) in [5, 5.41) is 3.09. The molecule has 0 aliphatic carbocycles. The van der Waals surface area contributed by atoms with Gasteiger partial charge in [0.1, 0.15) is 17.2 Å². The molecule has 0 radical (unpaired) electrons. The first-order valence-corrected chi connectivity index (χ1v) is 11.1. The minimum absolute atomic E-state index is 0.0283. The summed E-state index contributed by atoms with van der Waals surface area (Å²) in [5.41, 5.74) is 1.35. The van der Waals surface area contributed by atoms with Crippen molar-refractivity contribution in [2.45, 2.75) is 20.0 Å². The third kappa shape index (κ3) is 6.55. The van der Waals surface area contributed by atoms with Gasteiger partial charge < -0.3 is 14.8 Å². The van der Waals surface area contributed by atoms with Crippen LogP contribution in [0.5, 0.6) is 11.5 Å². The van der Waals surface area contributed by atoms with Crippen LogP contribution in [0.1, 0.15) is 18.9 Å². The number of hydrogen-bond acceptors (Lipinski definition) is 6. The van der Waals surface area contributed by atoms with Crippen LogP contribution in [0.2, 0.25) is 0 Å². The first kappa shape index (κ1) is 24.2. The smallest absolute Gasteiger partial charge is 0.387 e. The number of nitrogens with zero attached hydrogens (tertiary/aromatic N) is 2. The Hall–Kier alpha value is -3.40. The highest BCUT2D eigenvalue weighted by Gasteiger charge is 2.32. The maximum atomic E-state index is 13.2. The molecule has 1 N–H and O–H groups in total. The Morgan fingerprint density at radius 2 is 1.82 bits per heavy atom. The summed E-state index contributed by atoms with van der Waals surface area (Å²) < 4.78 is 34.4. The summed E-state index contributed by atoms with van der Waals surface area (Å²) in [6, 6.07) is 12.8. The lowest BCUT2D eigenvalue weighted by Gasteiger charge is -2.18. The second-order valence-corrected chi connectivity index (χ2v) is 7.79. The molecule has 2 aromatic rings. The molecule has 2 amide bonds. The SMILES string of the molecule is CCCNC(=O)CSC1=N/C(=C\c2ccc(OC)cc2)C(=O)N1c1ccc(OC(F)F)cc1. The number of amidine groups is 1. The summed E-state index contributed by atoms with van der Waals surface area (Å²) in [5.74, 6) is 0.153. The zero-order valence-corrected chi connectivity index (χ0v) is 18.9. The highest BCUT2D eigenvalue weighted by Crippen LogP contribution is 2.31. The molecule has 0 fully saturated rings. The fourth-order valence-electron chi connectivity index (χ4n) is 2.90. The number of benzene rings is 2. The molecule has 0 unspecified atom stereocenters. The lowest BCUT2D eigenvalue weighted by Crippen LogP contribution is -2.32. The first-order chi connectivity index (χ1) is 15.9. The normalized spacial score (nSPS) is 14.6. The summed E-state index contributed by atoms with van der Waals surface area (Å²) in [6.07, 6.45) is 2.44. The van der Waals surface area contributed by atoms with E-state index in [2.05, 4.69) is 15.0 Å². The van der Waals surface area contributed by atoms with E-state index < -0.39 is 12.5 Å². The maximum Gasteiger partial charge on any atom is 0.387 e. The fraction of sp³-hybridized carbons (Fsp3) is 0.261. The van der Waals surface area contributed by atoms with Crippen LogP contribution in [0.25, 0.3) is 6.08 Å². The number of ether oxygens (including phenoxy) is 2. The number of rotatable bonds is 9. The number of nitrogens with one attached hydrogen (secondary N) is 1. The van der Waals surface area contributed by atoms with E-state index in [4.69, 9.17) is 4.74 Å². The van der Waals surface area contributed by atoms with E-state index in [-0.39, 0.29) is 23.1 Å². The average molecular weight is 476 g/mol. The molecule has 1 aliphatic rings. The number of anilines is 1. The molecular weight excluding hydrogens is 452 g/mol. The predicted molar refractivity (Wildman–Crippen MR) is 125 cm³/mol. The molecule has 33 heavy (non-hydrogen) atoms. The van der Waals surface area contributed by atoms with Gasteiger partial charge in [0.05, 0.1) is 18.6 Å². The van der Waals surface area contributed by atoms with E-state index >= 15 is 0 Å². The van der Waals surface area contributed by atoms with Crippen LogP contribution in [-0.4, -0.2) is 43.0 Å². The summed E-state index contributed by atoms with van der Waals surface area (Å²) in [4.78, 5) is 31.0. The van der Waals surface area contributed by atoms with Crippen LogP contribution in [0.3, 0.4) is 0 Å². The molecule has 7 nitrogen and oxygen atoms in total. The van der Waals surface area contributed by atoms with Crippen LogP contribution in [0.15, 0.2) is 59.2 Å². The minimum atomic E-state index is -2.95. The molecule has 0 aromatic heterocycles. The predicted octanol–water partition coefficient (Wildman–Crippen LogP) is 4.30. The Labute approximate surface area is 194 Å². The number of aliphatic imine (C=N–C) groups is 1. The largest absolute Gasteiger partial charge is 0.497 e. The molecule has 2 aromatic carbocycles. The molecule has 174 valence electrons. The lowest BCUT2D eigenvalue weighted by molar-refractivity contribution is -0.118. The molecule has 0 saturated heterocycles. The van der Waals surface area contributed by atoms with Gasteiger partial charge >= 0.3 is 6.61 Å². The van der Waals surface area contributed by atoms with Gasteiger partial charge in [0.2, 0.25) is 5.91 Å².